The van der Waals surface area contributed by atoms with Crippen molar-refractivity contribution in [1.82, 2.24) is 15.5 Å². The van der Waals surface area contributed by atoms with Crippen molar-refractivity contribution < 1.29 is 27.4 Å². The van der Waals surface area contributed by atoms with Crippen molar-refractivity contribution in [2.75, 3.05) is 5.32 Å². The zero-order chi connectivity index (χ0) is 16.7. The molecule has 1 aromatic carbocycles. The molecule has 0 aliphatic carbocycles. The third-order valence-corrected chi connectivity index (χ3v) is 3.49. The molecule has 0 radical (unpaired) electrons. The number of nitrogens with one attached hydrogen (secondary N) is 2. The molecule has 23 heavy (non-hydrogen) atoms. The van der Waals surface area contributed by atoms with Crippen molar-refractivity contribution in [2.24, 2.45) is 0 Å². The van der Waals surface area contributed by atoms with Crippen LogP contribution < -0.4 is 20.1 Å². The molecular weight excluding hydrogens is 361 g/mol. The molecule has 1 aliphatic rings. The summed E-state index contributed by atoms with van der Waals surface area (Å²) in [6.07, 6.45) is -5.06. The maximum absolute atomic E-state index is 13.4. The van der Waals surface area contributed by atoms with Gasteiger partial charge in [-0.25, -0.2) is 4.79 Å². The number of hydrogen-bond acceptors (Lipinski definition) is 6. The molecular formula is C11H6ClF3N4O3S. The second-order valence-electron chi connectivity index (χ2n) is 4.23. The number of urea groups is 1. The summed E-state index contributed by atoms with van der Waals surface area (Å²) in [5.41, 5.74) is 1.30. The van der Waals surface area contributed by atoms with Crippen molar-refractivity contribution in [2.45, 2.75) is 12.1 Å². The summed E-state index contributed by atoms with van der Waals surface area (Å²) in [5, 5.41) is 10.8. The lowest BCUT2D eigenvalue weighted by Gasteiger charge is -2.29. The van der Waals surface area contributed by atoms with Crippen molar-refractivity contribution in [3.8, 4) is 11.5 Å². The second-order valence-corrected chi connectivity index (χ2v) is 5.50. The number of amides is 2. The topological polar surface area (TPSA) is 85.4 Å². The number of carbonyl (C=O) groups is 1. The Morgan fingerprint density at radius 1 is 1.30 bits per heavy atom. The first-order chi connectivity index (χ1) is 10.8. The lowest BCUT2D eigenvalue weighted by atomic mass is 10.3. The molecule has 0 fully saturated rings. The van der Waals surface area contributed by atoms with Crippen molar-refractivity contribution >= 4 is 34.1 Å². The maximum Gasteiger partial charge on any atom is 0.492 e. The van der Waals surface area contributed by atoms with Crippen LogP contribution in [0.2, 0.25) is 5.02 Å². The minimum absolute atomic E-state index is 0.0124. The number of benzene rings is 1. The molecule has 1 aromatic heterocycles. The molecule has 7 nitrogen and oxygen atoms in total. The average Bonchev–Trinajstić information content (AvgIpc) is 3.04. The van der Waals surface area contributed by atoms with Gasteiger partial charge < -0.3 is 9.47 Å². The Hall–Kier alpha value is -2.27. The fraction of sp³-hybridized carbons (Fsp3) is 0.182. The molecule has 1 aliphatic heterocycles. The number of nitrogens with zero attached hydrogens (tertiary/aromatic N) is 2. The predicted octanol–water partition coefficient (Wildman–Crippen LogP) is 3.00. The van der Waals surface area contributed by atoms with E-state index in [-0.39, 0.29) is 21.7 Å². The zero-order valence-electron chi connectivity index (χ0n) is 10.8. The average molecular weight is 367 g/mol. The summed E-state index contributed by atoms with van der Waals surface area (Å²) >= 11 is 6.63. The van der Waals surface area contributed by atoms with E-state index in [0.29, 0.717) is 0 Å². The maximum atomic E-state index is 13.4. The number of hydrogen-bond donors (Lipinski definition) is 2. The molecule has 0 bridgehead atoms. The van der Waals surface area contributed by atoms with Gasteiger partial charge in [-0.15, -0.1) is 10.2 Å². The number of rotatable bonds is 2. The van der Waals surface area contributed by atoms with Gasteiger partial charge in [0.1, 0.15) is 5.51 Å². The van der Waals surface area contributed by atoms with Gasteiger partial charge in [0, 0.05) is 11.1 Å². The van der Waals surface area contributed by atoms with Gasteiger partial charge in [-0.1, -0.05) is 22.9 Å². The Morgan fingerprint density at radius 2 is 2.04 bits per heavy atom. The molecule has 1 unspecified atom stereocenters. The van der Waals surface area contributed by atoms with E-state index in [1.807, 2.05) is 0 Å². The number of carbonyl (C=O) groups excluding carboxylic acids is 1. The van der Waals surface area contributed by atoms with Gasteiger partial charge in [0.2, 0.25) is 5.13 Å². The zero-order valence-corrected chi connectivity index (χ0v) is 12.4. The summed E-state index contributed by atoms with van der Waals surface area (Å²) in [7, 11) is 0. The van der Waals surface area contributed by atoms with Gasteiger partial charge in [0.25, 0.3) is 0 Å². The van der Waals surface area contributed by atoms with Crippen LogP contribution in [0.5, 0.6) is 11.5 Å². The Labute approximate surface area is 135 Å². The van der Waals surface area contributed by atoms with E-state index >= 15 is 0 Å². The molecule has 2 aromatic rings. The Kier molecular flexibility index (Phi) is 3.68. The first kappa shape index (κ1) is 15.6. The summed E-state index contributed by atoms with van der Waals surface area (Å²) in [6, 6.07) is 2.46. The van der Waals surface area contributed by atoms with E-state index in [1.54, 1.807) is 5.32 Å². The molecule has 12 heteroatoms. The number of halogens is 4. The van der Waals surface area contributed by atoms with Gasteiger partial charge in [0.15, 0.2) is 11.5 Å². The fourth-order valence-electron chi connectivity index (χ4n) is 1.72. The standard InChI is InChI=1S/C11H6ClF3N4O3S/c12-5-1-2-6-7(3-5)22-11(21-6,10(13,14)15)18-8(20)17-9-19-16-4-23-9/h1-4H,(H2,17,18,19,20). The highest BCUT2D eigenvalue weighted by atomic mass is 35.5. The lowest BCUT2D eigenvalue weighted by Crippen LogP contribution is -2.65. The number of ether oxygens (including phenoxy) is 2. The van der Waals surface area contributed by atoms with Gasteiger partial charge in [-0.2, -0.15) is 13.2 Å². The Bertz CT molecular complexity index is 743. The van der Waals surface area contributed by atoms with Gasteiger partial charge >= 0.3 is 18.1 Å². The van der Waals surface area contributed by atoms with Gasteiger partial charge in [-0.05, 0) is 12.1 Å². The van der Waals surface area contributed by atoms with Crippen LogP contribution >= 0.6 is 22.9 Å². The second kappa shape index (κ2) is 5.42. The minimum Gasteiger partial charge on any atom is -0.424 e. The van der Waals surface area contributed by atoms with E-state index < -0.39 is 18.1 Å². The first-order valence-corrected chi connectivity index (χ1v) is 7.14. The molecule has 122 valence electrons. The molecule has 0 saturated heterocycles. The van der Waals surface area contributed by atoms with E-state index in [0.717, 1.165) is 17.4 Å². The molecule has 2 N–H and O–H groups in total. The van der Waals surface area contributed by atoms with Gasteiger partial charge in [0.05, 0.1) is 0 Å². The van der Waals surface area contributed by atoms with Crippen molar-refractivity contribution in [3.05, 3.63) is 28.7 Å². The van der Waals surface area contributed by atoms with Crippen LogP contribution in [0.1, 0.15) is 0 Å². The first-order valence-electron chi connectivity index (χ1n) is 5.89. The monoisotopic (exact) mass is 366 g/mol. The summed E-state index contributed by atoms with van der Waals surface area (Å²) in [5.74, 6) is -3.82. The van der Waals surface area contributed by atoms with Crippen LogP contribution in [-0.2, 0) is 0 Å². The smallest absolute Gasteiger partial charge is 0.424 e. The minimum atomic E-state index is -5.06. The highest BCUT2D eigenvalue weighted by Gasteiger charge is 2.65. The highest BCUT2D eigenvalue weighted by molar-refractivity contribution is 7.13. The molecule has 0 saturated carbocycles. The Morgan fingerprint density at radius 3 is 2.70 bits per heavy atom. The number of fused-ring (bicyclic) bond motifs is 1. The van der Waals surface area contributed by atoms with E-state index in [1.165, 1.54) is 17.6 Å². The van der Waals surface area contributed by atoms with E-state index in [4.69, 9.17) is 21.1 Å². The van der Waals surface area contributed by atoms with Crippen molar-refractivity contribution in [3.63, 3.8) is 0 Å². The number of alkyl halides is 3. The van der Waals surface area contributed by atoms with E-state index in [2.05, 4.69) is 15.5 Å². The fourth-order valence-corrected chi connectivity index (χ4v) is 2.32. The van der Waals surface area contributed by atoms with Crippen LogP contribution in [0.3, 0.4) is 0 Å². The number of aromatic nitrogens is 2. The largest absolute Gasteiger partial charge is 0.492 e. The Balaban J connectivity index is 1.84. The quantitative estimate of drug-likeness (QED) is 0.853. The normalized spacial score (nSPS) is 19.5. The number of anilines is 1. The molecule has 1 atom stereocenters. The third-order valence-electron chi connectivity index (χ3n) is 2.64. The summed E-state index contributed by atoms with van der Waals surface area (Å²) < 4.78 is 49.7. The van der Waals surface area contributed by atoms with Gasteiger partial charge in [-0.3, -0.25) is 10.6 Å². The highest BCUT2D eigenvalue weighted by Crippen LogP contribution is 2.46. The summed E-state index contributed by atoms with van der Waals surface area (Å²) in [6.45, 7) is 0. The predicted molar refractivity (Wildman–Crippen MR) is 73.6 cm³/mol. The third kappa shape index (κ3) is 2.97. The molecule has 2 amide bonds. The van der Waals surface area contributed by atoms with Crippen LogP contribution in [0.25, 0.3) is 0 Å². The van der Waals surface area contributed by atoms with Crippen molar-refractivity contribution in [1.29, 1.82) is 0 Å². The summed E-state index contributed by atoms with van der Waals surface area (Å²) in [4.78, 5) is 11.8. The molecule has 3 rings (SSSR count). The van der Waals surface area contributed by atoms with Crippen LogP contribution in [0.4, 0.5) is 23.1 Å². The van der Waals surface area contributed by atoms with Crippen LogP contribution in [-0.4, -0.2) is 28.3 Å². The van der Waals surface area contributed by atoms with Crippen LogP contribution in [0, 0.1) is 0 Å². The molecule has 0 spiro atoms. The SMILES string of the molecule is O=C(Nc1nncs1)NC1(C(F)(F)F)Oc2ccc(Cl)cc2O1. The van der Waals surface area contributed by atoms with E-state index in [9.17, 15) is 18.0 Å². The van der Waals surface area contributed by atoms with Crippen LogP contribution in [0.15, 0.2) is 23.7 Å². The molecule has 2 heterocycles. The lowest BCUT2D eigenvalue weighted by molar-refractivity contribution is -0.317.